The van der Waals surface area contributed by atoms with Gasteiger partial charge in [0.15, 0.2) is 0 Å². The molecular weight excluding hydrogens is 320 g/mol. The molecule has 2 aliphatic heterocycles. The van der Waals surface area contributed by atoms with Crippen LogP contribution in [0.4, 0.5) is 0 Å². The molecule has 0 radical (unpaired) electrons. The molecule has 2 amide bonds. The lowest BCUT2D eigenvalue weighted by Crippen LogP contribution is -2.40. The van der Waals surface area contributed by atoms with Crippen molar-refractivity contribution >= 4 is 23.6 Å². The van der Waals surface area contributed by atoms with E-state index in [9.17, 15) is 9.59 Å². The fraction of sp³-hybridized carbons (Fsp3) is 0.579. The highest BCUT2D eigenvalue weighted by Gasteiger charge is 2.27. The molecule has 2 aliphatic rings. The number of piperidine rings is 1. The van der Waals surface area contributed by atoms with Crippen LogP contribution in [0.25, 0.3) is 0 Å². The molecule has 1 aromatic carbocycles. The SMILES string of the molecule is CSc1ccc(C(=O)N2CCC(CC(=O)N3CCCC3)CC2)cc1. The number of benzene rings is 1. The Morgan fingerprint density at radius 2 is 1.62 bits per heavy atom. The number of thioether (sulfide) groups is 1. The largest absolute Gasteiger partial charge is 0.343 e. The van der Waals surface area contributed by atoms with E-state index in [-0.39, 0.29) is 5.91 Å². The molecule has 0 atom stereocenters. The van der Waals surface area contributed by atoms with Gasteiger partial charge in [0.25, 0.3) is 5.91 Å². The van der Waals surface area contributed by atoms with Crippen molar-refractivity contribution in [3.63, 3.8) is 0 Å². The molecule has 5 heteroatoms. The van der Waals surface area contributed by atoms with Crippen molar-refractivity contribution in [1.82, 2.24) is 9.80 Å². The minimum absolute atomic E-state index is 0.118. The van der Waals surface area contributed by atoms with Gasteiger partial charge in [0.2, 0.25) is 5.91 Å². The molecule has 0 bridgehead atoms. The molecule has 130 valence electrons. The lowest BCUT2D eigenvalue weighted by molar-refractivity contribution is -0.131. The van der Waals surface area contributed by atoms with E-state index in [1.807, 2.05) is 40.3 Å². The van der Waals surface area contributed by atoms with Crippen molar-refractivity contribution in [3.8, 4) is 0 Å². The van der Waals surface area contributed by atoms with Gasteiger partial charge in [-0.05, 0) is 62.1 Å². The van der Waals surface area contributed by atoms with Crippen molar-refractivity contribution in [2.24, 2.45) is 5.92 Å². The Morgan fingerprint density at radius 1 is 1.00 bits per heavy atom. The summed E-state index contributed by atoms with van der Waals surface area (Å²) in [5.41, 5.74) is 0.763. The van der Waals surface area contributed by atoms with E-state index in [0.717, 1.165) is 57.4 Å². The molecular formula is C19H26N2O2S. The topological polar surface area (TPSA) is 40.6 Å². The third-order valence-corrected chi connectivity index (χ3v) is 5.90. The third-order valence-electron chi connectivity index (χ3n) is 5.16. The van der Waals surface area contributed by atoms with Crippen molar-refractivity contribution in [1.29, 1.82) is 0 Å². The highest BCUT2D eigenvalue weighted by molar-refractivity contribution is 7.98. The molecule has 0 spiro atoms. The zero-order valence-electron chi connectivity index (χ0n) is 14.4. The van der Waals surface area contributed by atoms with E-state index >= 15 is 0 Å². The predicted molar refractivity (Wildman–Crippen MR) is 97.3 cm³/mol. The zero-order chi connectivity index (χ0) is 16.9. The Morgan fingerprint density at radius 3 is 2.21 bits per heavy atom. The standard InChI is InChI=1S/C19H26N2O2S/c1-24-17-6-4-16(5-7-17)19(23)21-12-8-15(9-13-21)14-18(22)20-10-2-3-11-20/h4-7,15H,2-3,8-14H2,1H3. The van der Waals surface area contributed by atoms with Crippen LogP contribution >= 0.6 is 11.8 Å². The molecule has 0 aliphatic carbocycles. The summed E-state index contributed by atoms with van der Waals surface area (Å²) in [7, 11) is 0. The van der Waals surface area contributed by atoms with Crippen LogP contribution in [0.1, 0.15) is 42.5 Å². The summed E-state index contributed by atoms with van der Waals surface area (Å²) < 4.78 is 0. The van der Waals surface area contributed by atoms with Crippen LogP contribution in [0.15, 0.2) is 29.2 Å². The molecule has 0 aromatic heterocycles. The van der Waals surface area contributed by atoms with Crippen molar-refractivity contribution in [3.05, 3.63) is 29.8 Å². The fourth-order valence-corrected chi connectivity index (χ4v) is 4.01. The second-order valence-corrected chi connectivity index (χ2v) is 7.64. The van der Waals surface area contributed by atoms with Crippen LogP contribution in [-0.2, 0) is 4.79 Å². The number of carbonyl (C=O) groups is 2. The minimum atomic E-state index is 0.118. The number of rotatable bonds is 4. The summed E-state index contributed by atoms with van der Waals surface area (Å²) >= 11 is 1.68. The maximum absolute atomic E-state index is 12.6. The van der Waals surface area contributed by atoms with Gasteiger partial charge < -0.3 is 9.80 Å². The zero-order valence-corrected chi connectivity index (χ0v) is 15.2. The van der Waals surface area contributed by atoms with Gasteiger partial charge >= 0.3 is 0 Å². The first-order chi connectivity index (χ1) is 11.7. The third kappa shape index (κ3) is 4.12. The molecule has 2 fully saturated rings. The summed E-state index contributed by atoms with van der Waals surface area (Å²) in [5, 5.41) is 0. The van der Waals surface area contributed by atoms with Gasteiger partial charge in [0, 0.05) is 43.1 Å². The quantitative estimate of drug-likeness (QED) is 0.786. The van der Waals surface area contributed by atoms with Gasteiger partial charge in [0.1, 0.15) is 0 Å². The molecule has 1 aromatic rings. The number of amides is 2. The van der Waals surface area contributed by atoms with Crippen molar-refractivity contribution in [2.45, 2.75) is 37.0 Å². The lowest BCUT2D eigenvalue weighted by atomic mass is 9.92. The van der Waals surface area contributed by atoms with E-state index in [4.69, 9.17) is 0 Å². The number of hydrogen-bond donors (Lipinski definition) is 0. The maximum Gasteiger partial charge on any atom is 0.253 e. The molecule has 0 N–H and O–H groups in total. The first-order valence-electron chi connectivity index (χ1n) is 8.88. The Labute approximate surface area is 148 Å². The Hall–Kier alpha value is -1.49. The normalized spacial score (nSPS) is 18.9. The second kappa shape index (κ2) is 8.06. The molecule has 2 saturated heterocycles. The van der Waals surface area contributed by atoms with E-state index < -0.39 is 0 Å². The van der Waals surface area contributed by atoms with Gasteiger partial charge in [-0.3, -0.25) is 9.59 Å². The predicted octanol–water partition coefficient (Wildman–Crippen LogP) is 3.27. The highest BCUT2D eigenvalue weighted by atomic mass is 32.2. The van der Waals surface area contributed by atoms with Crippen LogP contribution in [0, 0.1) is 5.92 Å². The summed E-state index contributed by atoms with van der Waals surface area (Å²) in [6.07, 6.45) is 6.86. The Bertz CT molecular complexity index is 574. The van der Waals surface area contributed by atoms with Crippen LogP contribution in [0.2, 0.25) is 0 Å². The highest BCUT2D eigenvalue weighted by Crippen LogP contribution is 2.24. The van der Waals surface area contributed by atoms with Gasteiger partial charge in [0.05, 0.1) is 0 Å². The van der Waals surface area contributed by atoms with E-state index in [0.29, 0.717) is 18.2 Å². The maximum atomic E-state index is 12.6. The Kier molecular flexibility index (Phi) is 5.82. The van der Waals surface area contributed by atoms with Gasteiger partial charge in [-0.15, -0.1) is 11.8 Å². The lowest BCUT2D eigenvalue weighted by Gasteiger charge is -2.32. The minimum Gasteiger partial charge on any atom is -0.343 e. The number of nitrogens with zero attached hydrogens (tertiary/aromatic N) is 2. The molecule has 24 heavy (non-hydrogen) atoms. The summed E-state index contributed by atoms with van der Waals surface area (Å²) in [5.74, 6) is 0.859. The van der Waals surface area contributed by atoms with Crippen molar-refractivity contribution < 1.29 is 9.59 Å². The average Bonchev–Trinajstić information content (AvgIpc) is 3.17. The van der Waals surface area contributed by atoms with Gasteiger partial charge in [-0.2, -0.15) is 0 Å². The van der Waals surface area contributed by atoms with E-state index in [1.165, 1.54) is 4.90 Å². The average molecular weight is 346 g/mol. The summed E-state index contributed by atoms with van der Waals surface area (Å²) in [4.78, 5) is 29.9. The smallest absolute Gasteiger partial charge is 0.253 e. The fourth-order valence-electron chi connectivity index (χ4n) is 3.60. The van der Waals surface area contributed by atoms with Crippen molar-refractivity contribution in [2.75, 3.05) is 32.4 Å². The summed E-state index contributed by atoms with van der Waals surface area (Å²) in [6.45, 7) is 3.40. The molecule has 2 heterocycles. The number of carbonyl (C=O) groups excluding carboxylic acids is 2. The van der Waals surface area contributed by atoms with E-state index in [1.54, 1.807) is 11.8 Å². The van der Waals surface area contributed by atoms with Crippen LogP contribution in [-0.4, -0.2) is 54.0 Å². The van der Waals surface area contributed by atoms with Crippen LogP contribution < -0.4 is 0 Å². The monoisotopic (exact) mass is 346 g/mol. The first-order valence-corrected chi connectivity index (χ1v) is 10.1. The molecule has 0 unspecified atom stereocenters. The van der Waals surface area contributed by atoms with E-state index in [2.05, 4.69) is 0 Å². The van der Waals surface area contributed by atoms with Crippen LogP contribution in [0.5, 0.6) is 0 Å². The van der Waals surface area contributed by atoms with Gasteiger partial charge in [-0.25, -0.2) is 0 Å². The van der Waals surface area contributed by atoms with Crippen LogP contribution in [0.3, 0.4) is 0 Å². The number of likely N-dealkylation sites (tertiary alicyclic amines) is 2. The first kappa shape index (κ1) is 17.3. The van der Waals surface area contributed by atoms with Gasteiger partial charge in [-0.1, -0.05) is 0 Å². The molecule has 3 rings (SSSR count). The molecule has 0 saturated carbocycles. The summed E-state index contributed by atoms with van der Waals surface area (Å²) in [6, 6.07) is 7.83. The molecule has 4 nitrogen and oxygen atoms in total. The number of hydrogen-bond acceptors (Lipinski definition) is 3. The second-order valence-electron chi connectivity index (χ2n) is 6.76. The Balaban J connectivity index is 1.48.